The molecular formula is C25H31NO2. The number of rotatable bonds is 14. The molecule has 3 nitrogen and oxygen atoms in total. The second-order valence-corrected chi connectivity index (χ2v) is 6.97. The van der Waals surface area contributed by atoms with Gasteiger partial charge in [-0.1, -0.05) is 50.3 Å². The van der Waals surface area contributed by atoms with E-state index in [-0.39, 0.29) is 0 Å². The van der Waals surface area contributed by atoms with Crippen LogP contribution in [0.1, 0.15) is 62.5 Å². The predicted octanol–water partition coefficient (Wildman–Crippen LogP) is 6.82. The third kappa shape index (κ3) is 8.77. The van der Waals surface area contributed by atoms with Crippen LogP contribution in [0.5, 0.6) is 11.5 Å². The van der Waals surface area contributed by atoms with Crippen LogP contribution in [0.25, 0.3) is 0 Å². The van der Waals surface area contributed by atoms with Crippen LogP contribution in [0.4, 0.5) is 0 Å². The van der Waals surface area contributed by atoms with Gasteiger partial charge in [0.1, 0.15) is 18.1 Å². The van der Waals surface area contributed by atoms with Crippen molar-refractivity contribution >= 4 is 0 Å². The first kappa shape index (κ1) is 21.6. The van der Waals surface area contributed by atoms with Crippen LogP contribution in [0.15, 0.2) is 61.2 Å². The fraction of sp³-hybridized carbons (Fsp3) is 0.400. The van der Waals surface area contributed by atoms with Crippen LogP contribution in [-0.4, -0.2) is 6.61 Å². The summed E-state index contributed by atoms with van der Waals surface area (Å²) in [4.78, 5) is 0. The normalized spacial score (nSPS) is 10.2. The maximum atomic E-state index is 8.81. The number of hydrogen-bond donors (Lipinski definition) is 0. The fourth-order valence-electron chi connectivity index (χ4n) is 2.94. The smallest absolute Gasteiger partial charge is 0.119 e. The van der Waals surface area contributed by atoms with E-state index in [2.05, 4.69) is 12.6 Å². The van der Waals surface area contributed by atoms with E-state index in [1.165, 1.54) is 38.5 Å². The highest BCUT2D eigenvalue weighted by molar-refractivity contribution is 5.34. The van der Waals surface area contributed by atoms with Crippen molar-refractivity contribution in [3.63, 3.8) is 0 Å². The number of ether oxygens (including phenoxy) is 2. The Kier molecular flexibility index (Phi) is 10.4. The van der Waals surface area contributed by atoms with Crippen molar-refractivity contribution in [2.75, 3.05) is 6.61 Å². The van der Waals surface area contributed by atoms with Gasteiger partial charge in [0.2, 0.25) is 0 Å². The van der Waals surface area contributed by atoms with Gasteiger partial charge in [0, 0.05) is 0 Å². The molecule has 0 saturated carbocycles. The molecule has 0 spiro atoms. The topological polar surface area (TPSA) is 42.2 Å². The molecule has 0 aliphatic carbocycles. The second-order valence-electron chi connectivity index (χ2n) is 6.97. The molecule has 2 aromatic carbocycles. The minimum Gasteiger partial charge on any atom is -0.494 e. The summed E-state index contributed by atoms with van der Waals surface area (Å²) in [6.45, 7) is 5.03. The number of allylic oxidation sites excluding steroid dienone is 1. The van der Waals surface area contributed by atoms with Crippen molar-refractivity contribution in [3.8, 4) is 17.6 Å². The van der Waals surface area contributed by atoms with Gasteiger partial charge in [0.05, 0.1) is 18.2 Å². The fourth-order valence-corrected chi connectivity index (χ4v) is 2.94. The van der Waals surface area contributed by atoms with Crippen LogP contribution in [0.3, 0.4) is 0 Å². The summed E-state index contributed by atoms with van der Waals surface area (Å²) in [6, 6.07) is 17.3. The third-order valence-electron chi connectivity index (χ3n) is 4.63. The zero-order valence-electron chi connectivity index (χ0n) is 16.7. The van der Waals surface area contributed by atoms with E-state index >= 15 is 0 Å². The molecule has 148 valence electrons. The maximum Gasteiger partial charge on any atom is 0.119 e. The molecule has 0 N–H and O–H groups in total. The Labute approximate surface area is 169 Å². The molecule has 0 aromatic heterocycles. The van der Waals surface area contributed by atoms with Crippen molar-refractivity contribution in [1.82, 2.24) is 0 Å². The first-order valence-electron chi connectivity index (χ1n) is 10.3. The van der Waals surface area contributed by atoms with E-state index in [1.807, 2.05) is 42.5 Å². The molecule has 0 saturated heterocycles. The largest absolute Gasteiger partial charge is 0.494 e. The molecule has 0 aliphatic rings. The average molecular weight is 378 g/mol. The van der Waals surface area contributed by atoms with Crippen molar-refractivity contribution in [2.24, 2.45) is 0 Å². The molecule has 0 amide bonds. The van der Waals surface area contributed by atoms with Crippen LogP contribution in [0.2, 0.25) is 0 Å². The Balaban J connectivity index is 1.55. The number of nitrogens with zero attached hydrogens (tertiary/aromatic N) is 1. The zero-order chi connectivity index (χ0) is 19.9. The molecule has 0 radical (unpaired) electrons. The molecule has 0 fully saturated rings. The Morgan fingerprint density at radius 2 is 1.32 bits per heavy atom. The standard InChI is InChI=1S/C25H31NO2/c1-2-3-4-5-6-7-8-9-10-19-27-24-17-13-23(14-18-24)21-28-25-15-11-22(20-26)12-16-25/h2,11-18H,1,3-10,19,21H2. The van der Waals surface area contributed by atoms with Gasteiger partial charge in [-0.15, -0.1) is 6.58 Å². The van der Waals surface area contributed by atoms with Crippen molar-refractivity contribution in [3.05, 3.63) is 72.3 Å². The molecular weight excluding hydrogens is 346 g/mol. The third-order valence-corrected chi connectivity index (χ3v) is 4.63. The number of hydrogen-bond acceptors (Lipinski definition) is 3. The zero-order valence-corrected chi connectivity index (χ0v) is 16.7. The molecule has 28 heavy (non-hydrogen) atoms. The van der Waals surface area contributed by atoms with E-state index in [0.29, 0.717) is 12.2 Å². The summed E-state index contributed by atoms with van der Waals surface area (Å²) in [5, 5.41) is 8.81. The van der Waals surface area contributed by atoms with E-state index in [0.717, 1.165) is 36.5 Å². The number of nitriles is 1. The van der Waals surface area contributed by atoms with Gasteiger partial charge in [-0.3, -0.25) is 0 Å². The van der Waals surface area contributed by atoms with Gasteiger partial charge in [0.25, 0.3) is 0 Å². The lowest BCUT2D eigenvalue weighted by molar-refractivity contribution is 0.300. The number of unbranched alkanes of at least 4 members (excludes halogenated alkanes) is 7. The van der Waals surface area contributed by atoms with Gasteiger partial charge in [-0.25, -0.2) is 0 Å². The van der Waals surface area contributed by atoms with Gasteiger partial charge in [-0.2, -0.15) is 5.26 Å². The maximum absolute atomic E-state index is 8.81. The lowest BCUT2D eigenvalue weighted by Gasteiger charge is -2.09. The van der Waals surface area contributed by atoms with Crippen LogP contribution in [0, 0.1) is 11.3 Å². The molecule has 2 rings (SSSR count). The predicted molar refractivity (Wildman–Crippen MR) is 115 cm³/mol. The Bertz CT molecular complexity index is 714. The van der Waals surface area contributed by atoms with Crippen LogP contribution in [-0.2, 0) is 6.61 Å². The SMILES string of the molecule is C=CCCCCCCCCCOc1ccc(COc2ccc(C#N)cc2)cc1. The lowest BCUT2D eigenvalue weighted by Crippen LogP contribution is -1.99. The average Bonchev–Trinajstić information content (AvgIpc) is 2.75. The minimum absolute atomic E-state index is 0.499. The molecule has 3 heteroatoms. The Morgan fingerprint density at radius 3 is 1.96 bits per heavy atom. The van der Waals surface area contributed by atoms with E-state index in [1.54, 1.807) is 12.1 Å². The Morgan fingerprint density at radius 1 is 0.750 bits per heavy atom. The highest BCUT2D eigenvalue weighted by Gasteiger charge is 1.99. The second kappa shape index (κ2) is 13.4. The summed E-state index contributed by atoms with van der Waals surface area (Å²) >= 11 is 0. The summed E-state index contributed by atoms with van der Waals surface area (Å²) in [6.07, 6.45) is 12.0. The highest BCUT2D eigenvalue weighted by atomic mass is 16.5. The van der Waals surface area contributed by atoms with Crippen LogP contribution < -0.4 is 9.47 Å². The summed E-state index contributed by atoms with van der Waals surface area (Å²) in [5.41, 5.74) is 1.73. The molecule has 0 aliphatic heterocycles. The van der Waals surface area contributed by atoms with Gasteiger partial charge in [0.15, 0.2) is 0 Å². The highest BCUT2D eigenvalue weighted by Crippen LogP contribution is 2.17. The first-order chi connectivity index (χ1) is 13.8. The monoisotopic (exact) mass is 377 g/mol. The number of benzene rings is 2. The van der Waals surface area contributed by atoms with Crippen molar-refractivity contribution in [2.45, 2.75) is 58.0 Å². The molecule has 0 heterocycles. The Hall–Kier alpha value is -2.73. The van der Waals surface area contributed by atoms with E-state index in [4.69, 9.17) is 14.7 Å². The van der Waals surface area contributed by atoms with Crippen molar-refractivity contribution < 1.29 is 9.47 Å². The van der Waals surface area contributed by atoms with Gasteiger partial charge < -0.3 is 9.47 Å². The van der Waals surface area contributed by atoms with Crippen molar-refractivity contribution in [1.29, 1.82) is 5.26 Å². The molecule has 0 bridgehead atoms. The molecule has 0 atom stereocenters. The first-order valence-corrected chi connectivity index (χ1v) is 10.3. The molecule has 2 aromatic rings. The summed E-state index contributed by atoms with van der Waals surface area (Å²) in [7, 11) is 0. The van der Waals surface area contributed by atoms with E-state index in [9.17, 15) is 0 Å². The lowest BCUT2D eigenvalue weighted by atomic mass is 10.1. The minimum atomic E-state index is 0.499. The van der Waals surface area contributed by atoms with Crippen LogP contribution >= 0.6 is 0 Å². The van der Waals surface area contributed by atoms with Gasteiger partial charge >= 0.3 is 0 Å². The summed E-state index contributed by atoms with van der Waals surface area (Å²) in [5.74, 6) is 1.67. The van der Waals surface area contributed by atoms with Gasteiger partial charge in [-0.05, 0) is 61.2 Å². The van der Waals surface area contributed by atoms with E-state index < -0.39 is 0 Å². The summed E-state index contributed by atoms with van der Waals surface area (Å²) < 4.78 is 11.6. The quantitative estimate of drug-likeness (QED) is 0.268. The molecule has 0 unspecified atom stereocenters.